The van der Waals surface area contributed by atoms with Crippen LogP contribution in [0, 0.1) is 6.92 Å². The number of carbonyl (C=O) groups excluding carboxylic acids is 1. The summed E-state index contributed by atoms with van der Waals surface area (Å²) in [7, 11) is 0. The second-order valence-corrected chi connectivity index (χ2v) is 4.24. The molecular weight excluding hydrogens is 210 g/mol. The molecule has 0 spiro atoms. The molecule has 0 radical (unpaired) electrons. The molecule has 82 valence electrons. The smallest absolute Gasteiger partial charge is 0.350 e. The topological polar surface area (TPSA) is 39.2 Å². The quantitative estimate of drug-likeness (QED) is 0.571. The van der Waals surface area contributed by atoms with E-state index in [2.05, 4.69) is 18.5 Å². The van der Waals surface area contributed by atoms with Gasteiger partial charge in [-0.3, -0.25) is 0 Å². The van der Waals surface area contributed by atoms with Gasteiger partial charge in [0.1, 0.15) is 11.5 Å². The van der Waals surface area contributed by atoms with Crippen LogP contribution in [0.4, 0.5) is 0 Å². The Bertz CT molecular complexity index is 357. The molecule has 1 aromatic rings. The van der Waals surface area contributed by atoms with Gasteiger partial charge in [0.05, 0.1) is 10.7 Å². The molecule has 0 saturated heterocycles. The van der Waals surface area contributed by atoms with Crippen molar-refractivity contribution in [1.29, 1.82) is 0 Å². The number of esters is 1. The molecule has 0 aliphatic carbocycles. The maximum atomic E-state index is 11.5. The van der Waals surface area contributed by atoms with Gasteiger partial charge in [-0.2, -0.15) is 0 Å². The van der Waals surface area contributed by atoms with Crippen LogP contribution in [0.25, 0.3) is 0 Å². The molecular formula is C11H15NO2S. The van der Waals surface area contributed by atoms with Crippen molar-refractivity contribution in [3.8, 4) is 0 Å². The first-order valence-electron chi connectivity index (χ1n) is 4.93. The summed E-state index contributed by atoms with van der Waals surface area (Å²) >= 11 is 1.42. The first-order chi connectivity index (χ1) is 7.19. The van der Waals surface area contributed by atoms with Crippen LogP contribution in [0.15, 0.2) is 12.7 Å². The molecule has 0 fully saturated rings. The van der Waals surface area contributed by atoms with Gasteiger partial charge in [0.2, 0.25) is 0 Å². The fraction of sp³-hybridized carbons (Fsp3) is 0.455. The molecule has 0 amide bonds. The van der Waals surface area contributed by atoms with E-state index in [1.165, 1.54) is 11.3 Å². The molecule has 0 saturated carbocycles. The van der Waals surface area contributed by atoms with Gasteiger partial charge in [0.15, 0.2) is 0 Å². The third-order valence-electron chi connectivity index (χ3n) is 1.82. The van der Waals surface area contributed by atoms with E-state index in [0.717, 1.165) is 23.5 Å². The molecule has 0 N–H and O–H groups in total. The zero-order valence-electron chi connectivity index (χ0n) is 9.08. The summed E-state index contributed by atoms with van der Waals surface area (Å²) in [5.41, 5.74) is 0.762. The van der Waals surface area contributed by atoms with Gasteiger partial charge in [0, 0.05) is 0 Å². The Morgan fingerprint density at radius 2 is 2.40 bits per heavy atom. The van der Waals surface area contributed by atoms with E-state index in [4.69, 9.17) is 4.74 Å². The lowest BCUT2D eigenvalue weighted by Gasteiger charge is -1.98. The Morgan fingerprint density at radius 3 is 3.00 bits per heavy atom. The van der Waals surface area contributed by atoms with Crippen molar-refractivity contribution >= 4 is 17.3 Å². The molecule has 4 heteroatoms. The van der Waals surface area contributed by atoms with Crippen molar-refractivity contribution < 1.29 is 9.53 Å². The van der Waals surface area contributed by atoms with Gasteiger partial charge >= 0.3 is 5.97 Å². The third kappa shape index (κ3) is 3.16. The predicted molar refractivity (Wildman–Crippen MR) is 61.3 cm³/mol. The maximum absolute atomic E-state index is 11.5. The second kappa shape index (κ2) is 5.66. The molecule has 0 bridgehead atoms. The number of hydrogen-bond acceptors (Lipinski definition) is 4. The highest BCUT2D eigenvalue weighted by Gasteiger charge is 2.15. The molecule has 1 aromatic heterocycles. The first kappa shape index (κ1) is 11.9. The van der Waals surface area contributed by atoms with Crippen LogP contribution in [0.2, 0.25) is 0 Å². The summed E-state index contributed by atoms with van der Waals surface area (Å²) in [5.74, 6) is -0.299. The number of rotatable bonds is 5. The van der Waals surface area contributed by atoms with Gasteiger partial charge < -0.3 is 4.74 Å². The van der Waals surface area contributed by atoms with Crippen LogP contribution in [-0.2, 0) is 11.2 Å². The van der Waals surface area contributed by atoms with E-state index in [1.807, 2.05) is 6.92 Å². The Morgan fingerprint density at radius 1 is 1.67 bits per heavy atom. The molecule has 3 nitrogen and oxygen atoms in total. The summed E-state index contributed by atoms with van der Waals surface area (Å²) in [5, 5.41) is 1.00. The van der Waals surface area contributed by atoms with E-state index in [9.17, 15) is 4.79 Å². The zero-order valence-corrected chi connectivity index (χ0v) is 9.89. The summed E-state index contributed by atoms with van der Waals surface area (Å²) in [6, 6.07) is 0. The highest BCUT2D eigenvalue weighted by atomic mass is 32.1. The number of aryl methyl sites for hydroxylation is 2. The SMILES string of the molecule is C=CCOC(=O)c1sc(CCC)nc1C. The molecule has 0 unspecified atom stereocenters. The van der Waals surface area contributed by atoms with E-state index in [-0.39, 0.29) is 12.6 Å². The standard InChI is InChI=1S/C11H15NO2S/c1-4-6-9-12-8(3)10(15-9)11(13)14-7-5-2/h5H,2,4,6-7H2,1,3H3. The molecule has 0 aliphatic heterocycles. The number of hydrogen-bond donors (Lipinski definition) is 0. The monoisotopic (exact) mass is 225 g/mol. The van der Waals surface area contributed by atoms with Crippen molar-refractivity contribution in [3.05, 3.63) is 28.2 Å². The molecule has 15 heavy (non-hydrogen) atoms. The van der Waals surface area contributed by atoms with E-state index in [0.29, 0.717) is 4.88 Å². The van der Waals surface area contributed by atoms with Crippen molar-refractivity contribution in [2.24, 2.45) is 0 Å². The molecule has 0 aliphatic rings. The van der Waals surface area contributed by atoms with Crippen LogP contribution >= 0.6 is 11.3 Å². The highest BCUT2D eigenvalue weighted by Crippen LogP contribution is 2.20. The fourth-order valence-electron chi connectivity index (χ4n) is 1.16. The Labute approximate surface area is 93.8 Å². The second-order valence-electron chi connectivity index (χ2n) is 3.16. The van der Waals surface area contributed by atoms with Gasteiger partial charge in [-0.1, -0.05) is 19.6 Å². The minimum atomic E-state index is -0.299. The molecule has 1 rings (SSSR count). The molecule has 0 atom stereocenters. The number of ether oxygens (including phenoxy) is 1. The number of aromatic nitrogens is 1. The number of thiazole rings is 1. The molecule has 0 aromatic carbocycles. The number of carbonyl (C=O) groups is 1. The van der Waals surface area contributed by atoms with Crippen LogP contribution in [0.5, 0.6) is 0 Å². The van der Waals surface area contributed by atoms with Crippen molar-refractivity contribution in [3.63, 3.8) is 0 Å². The lowest BCUT2D eigenvalue weighted by molar-refractivity contribution is 0.0554. The Kier molecular flexibility index (Phi) is 4.49. The predicted octanol–water partition coefficient (Wildman–Crippen LogP) is 2.75. The third-order valence-corrected chi connectivity index (χ3v) is 3.02. The first-order valence-corrected chi connectivity index (χ1v) is 5.75. The van der Waals surface area contributed by atoms with E-state index in [1.54, 1.807) is 6.08 Å². The summed E-state index contributed by atoms with van der Waals surface area (Å²) < 4.78 is 4.96. The lowest BCUT2D eigenvalue weighted by Crippen LogP contribution is -2.04. The molecule has 1 heterocycles. The van der Waals surface area contributed by atoms with Crippen molar-refractivity contribution in [2.75, 3.05) is 6.61 Å². The normalized spacial score (nSPS) is 10.0. The Balaban J connectivity index is 2.75. The summed E-state index contributed by atoms with van der Waals surface area (Å²) in [6.07, 6.45) is 3.51. The van der Waals surface area contributed by atoms with Gasteiger partial charge in [-0.15, -0.1) is 11.3 Å². The van der Waals surface area contributed by atoms with Crippen LogP contribution in [0.1, 0.15) is 33.7 Å². The summed E-state index contributed by atoms with van der Waals surface area (Å²) in [4.78, 5) is 16.5. The van der Waals surface area contributed by atoms with Crippen molar-refractivity contribution in [2.45, 2.75) is 26.7 Å². The fourth-order valence-corrected chi connectivity index (χ4v) is 2.22. The van der Waals surface area contributed by atoms with Crippen molar-refractivity contribution in [1.82, 2.24) is 4.98 Å². The maximum Gasteiger partial charge on any atom is 0.350 e. The highest BCUT2D eigenvalue weighted by molar-refractivity contribution is 7.13. The average Bonchev–Trinajstić information content (AvgIpc) is 2.57. The van der Waals surface area contributed by atoms with Gasteiger partial charge in [-0.05, 0) is 19.8 Å². The van der Waals surface area contributed by atoms with E-state index < -0.39 is 0 Å². The largest absolute Gasteiger partial charge is 0.457 e. The minimum Gasteiger partial charge on any atom is -0.457 e. The summed E-state index contributed by atoms with van der Waals surface area (Å²) in [6.45, 7) is 7.67. The average molecular weight is 225 g/mol. The van der Waals surface area contributed by atoms with Crippen LogP contribution in [0.3, 0.4) is 0 Å². The van der Waals surface area contributed by atoms with Gasteiger partial charge in [-0.25, -0.2) is 9.78 Å². The number of nitrogens with zero attached hydrogens (tertiary/aromatic N) is 1. The van der Waals surface area contributed by atoms with E-state index >= 15 is 0 Å². The van der Waals surface area contributed by atoms with Crippen LogP contribution in [-0.4, -0.2) is 17.6 Å². The zero-order chi connectivity index (χ0) is 11.3. The van der Waals surface area contributed by atoms with Crippen LogP contribution < -0.4 is 0 Å². The Hall–Kier alpha value is -1.16. The lowest BCUT2D eigenvalue weighted by atomic mass is 10.3. The van der Waals surface area contributed by atoms with Gasteiger partial charge in [0.25, 0.3) is 0 Å². The minimum absolute atomic E-state index is 0.249.